The van der Waals surface area contributed by atoms with Gasteiger partial charge in [-0.05, 0) is 0 Å². The normalized spacial score (nSPS) is 7.90. The van der Waals surface area contributed by atoms with Crippen LogP contribution >= 0.6 is 0 Å². The molecule has 0 fully saturated rings. The molecule has 0 aliphatic heterocycles. The summed E-state index contributed by atoms with van der Waals surface area (Å²) in [6.07, 6.45) is 1.12. The van der Waals surface area contributed by atoms with Gasteiger partial charge in [0.2, 0.25) is 0 Å². The van der Waals surface area contributed by atoms with E-state index in [4.69, 9.17) is 34.7 Å². The molecular formula is C3H13B3F3LiO9S. The standard InChI is InChI=1S/C3H6O3S.3BFH2O2.Li.H/c1-2-3-7(4,5)6;3*2-1(3)4;;/h2H,1,3H2,(H,4,5,6);3*3-4H;;/q;;;;+1;-1. The predicted molar refractivity (Wildman–Crippen MR) is 61.6 cm³/mol. The average Bonchev–Trinajstić information content (AvgIpc) is 1.96. The molecule has 0 aliphatic carbocycles. The monoisotopic (exact) mass is 322 g/mol. The van der Waals surface area contributed by atoms with Crippen LogP contribution in [0.15, 0.2) is 12.7 Å². The summed E-state index contributed by atoms with van der Waals surface area (Å²) in [7, 11) is -11.8. The molecule has 9 nitrogen and oxygen atoms in total. The van der Waals surface area contributed by atoms with E-state index in [0.717, 1.165) is 6.08 Å². The van der Waals surface area contributed by atoms with Crippen LogP contribution in [0.2, 0.25) is 0 Å². The van der Waals surface area contributed by atoms with E-state index in [2.05, 4.69) is 6.58 Å². The van der Waals surface area contributed by atoms with Crippen molar-refractivity contribution in [1.29, 1.82) is 0 Å². The SMILES string of the molecule is C=CCS(=O)(=O)O.OB(O)F.OB(O)F.OB(O)F.[H-].[Li+]. The Morgan fingerprint density at radius 1 is 0.950 bits per heavy atom. The van der Waals surface area contributed by atoms with Crippen LogP contribution in [0, 0.1) is 0 Å². The Morgan fingerprint density at radius 3 is 1.10 bits per heavy atom. The second kappa shape index (κ2) is 21.3. The Balaban J connectivity index is -0.0000000359. The summed E-state index contributed by atoms with van der Waals surface area (Å²) in [4.78, 5) is 0. The fraction of sp³-hybridized carbons (Fsp3) is 0.333. The molecular weight excluding hydrogens is 308 g/mol. The van der Waals surface area contributed by atoms with E-state index in [-0.39, 0.29) is 26.0 Å². The summed E-state index contributed by atoms with van der Waals surface area (Å²) < 4.78 is 57.7. The van der Waals surface area contributed by atoms with Crippen molar-refractivity contribution in [3.8, 4) is 0 Å². The quantitative estimate of drug-likeness (QED) is 0.148. The smallest absolute Gasteiger partial charge is 1.00 e. The Hall–Kier alpha value is -0.00779. The topological polar surface area (TPSA) is 176 Å². The number of halogens is 3. The largest absolute Gasteiger partial charge is 1.00 e. The van der Waals surface area contributed by atoms with Gasteiger partial charge in [0.05, 0.1) is 5.75 Å². The van der Waals surface area contributed by atoms with Crippen LogP contribution in [0.3, 0.4) is 0 Å². The van der Waals surface area contributed by atoms with E-state index in [0.29, 0.717) is 0 Å². The molecule has 0 aliphatic rings. The van der Waals surface area contributed by atoms with E-state index in [1.807, 2.05) is 0 Å². The van der Waals surface area contributed by atoms with Gasteiger partial charge in [-0.1, -0.05) is 6.08 Å². The van der Waals surface area contributed by atoms with E-state index in [1.54, 1.807) is 0 Å². The van der Waals surface area contributed by atoms with Gasteiger partial charge in [-0.3, -0.25) is 17.5 Å². The summed E-state index contributed by atoms with van der Waals surface area (Å²) in [6.45, 7) is 3.11. The number of hydrogen-bond donors (Lipinski definition) is 7. The zero-order valence-electron chi connectivity index (χ0n) is 11.2. The minimum atomic E-state index is -3.79. The van der Waals surface area contributed by atoms with Gasteiger partial charge in [0.25, 0.3) is 10.1 Å². The second-order valence-corrected chi connectivity index (χ2v) is 3.47. The van der Waals surface area contributed by atoms with Crippen molar-refractivity contribution in [1.82, 2.24) is 0 Å². The fourth-order valence-electron chi connectivity index (χ4n) is 0.149. The van der Waals surface area contributed by atoms with Gasteiger partial charge in [0.15, 0.2) is 0 Å². The summed E-state index contributed by atoms with van der Waals surface area (Å²) in [5.74, 6) is -0.368. The molecule has 0 heterocycles. The minimum Gasteiger partial charge on any atom is -1.00 e. The molecule has 116 valence electrons. The fourth-order valence-corrected chi connectivity index (χ4v) is 0.447. The van der Waals surface area contributed by atoms with Crippen molar-refractivity contribution >= 4 is 32.3 Å². The molecule has 0 rings (SSSR count). The van der Waals surface area contributed by atoms with Gasteiger partial charge < -0.3 is 31.6 Å². The molecule has 7 N–H and O–H groups in total. The van der Waals surface area contributed by atoms with E-state index < -0.39 is 32.3 Å². The maximum atomic E-state index is 10.1. The Morgan fingerprint density at radius 2 is 1.10 bits per heavy atom. The molecule has 0 radical (unpaired) electrons. The van der Waals surface area contributed by atoms with E-state index in [1.165, 1.54) is 0 Å². The molecule has 0 saturated heterocycles. The summed E-state index contributed by atoms with van der Waals surface area (Å²) in [5, 5.41) is 41.7. The van der Waals surface area contributed by atoms with Gasteiger partial charge in [-0.25, -0.2) is 0 Å². The zero-order chi connectivity index (χ0) is 16.6. The van der Waals surface area contributed by atoms with Crippen LogP contribution in [-0.2, 0) is 10.1 Å². The Bertz CT molecular complexity index is 262. The number of hydrogen-bond acceptors (Lipinski definition) is 8. The van der Waals surface area contributed by atoms with Gasteiger partial charge >= 0.3 is 41.0 Å². The Labute approximate surface area is 127 Å². The zero-order valence-corrected chi connectivity index (χ0v) is 11.0. The average molecular weight is 322 g/mol. The molecule has 0 bridgehead atoms. The van der Waals surface area contributed by atoms with Crippen molar-refractivity contribution in [2.45, 2.75) is 0 Å². The first kappa shape index (κ1) is 32.1. The molecule has 0 amide bonds. The number of rotatable bonds is 2. The van der Waals surface area contributed by atoms with E-state index in [9.17, 15) is 21.4 Å². The van der Waals surface area contributed by atoms with Crippen LogP contribution in [-0.4, -0.2) is 71.1 Å². The Kier molecular flexibility index (Phi) is 34.2. The third kappa shape index (κ3) is 326. The molecule has 20 heavy (non-hydrogen) atoms. The summed E-state index contributed by atoms with van der Waals surface area (Å²) >= 11 is 0. The van der Waals surface area contributed by atoms with Crippen molar-refractivity contribution in [2.24, 2.45) is 0 Å². The van der Waals surface area contributed by atoms with Gasteiger partial charge in [0.1, 0.15) is 0 Å². The van der Waals surface area contributed by atoms with Crippen LogP contribution in [0.5, 0.6) is 0 Å². The van der Waals surface area contributed by atoms with Crippen LogP contribution in [0.1, 0.15) is 1.43 Å². The molecule has 17 heteroatoms. The van der Waals surface area contributed by atoms with Crippen LogP contribution in [0.4, 0.5) is 12.9 Å². The summed E-state index contributed by atoms with van der Waals surface area (Å²) in [6, 6.07) is 0. The maximum absolute atomic E-state index is 10.1. The van der Waals surface area contributed by atoms with Crippen LogP contribution in [0.25, 0.3) is 0 Å². The van der Waals surface area contributed by atoms with Crippen molar-refractivity contribution < 1.29 is 76.3 Å². The molecule has 0 aromatic carbocycles. The molecule has 0 aromatic heterocycles. The van der Waals surface area contributed by atoms with Crippen molar-refractivity contribution in [2.75, 3.05) is 5.75 Å². The first-order valence-electron chi connectivity index (χ1n) is 3.82. The third-order valence-electron chi connectivity index (χ3n) is 0.328. The molecule has 0 saturated carbocycles. The van der Waals surface area contributed by atoms with Gasteiger partial charge in [-0.2, -0.15) is 8.42 Å². The first-order chi connectivity index (χ1) is 8.26. The van der Waals surface area contributed by atoms with Crippen LogP contribution < -0.4 is 18.9 Å². The maximum Gasteiger partial charge on any atom is 1.00 e. The van der Waals surface area contributed by atoms with Gasteiger partial charge in [-0.15, -0.1) is 6.58 Å². The third-order valence-corrected chi connectivity index (χ3v) is 0.985. The van der Waals surface area contributed by atoms with Crippen molar-refractivity contribution in [3.05, 3.63) is 12.7 Å². The summed E-state index contributed by atoms with van der Waals surface area (Å²) in [5.41, 5.74) is 0. The van der Waals surface area contributed by atoms with Crippen molar-refractivity contribution in [3.63, 3.8) is 0 Å². The minimum absolute atomic E-state index is 0. The molecule has 0 unspecified atom stereocenters. The first-order valence-corrected chi connectivity index (χ1v) is 5.43. The molecule has 0 spiro atoms. The van der Waals surface area contributed by atoms with E-state index >= 15 is 0 Å². The predicted octanol–water partition coefficient (Wildman–Crippen LogP) is -6.05. The second-order valence-electron chi connectivity index (χ2n) is 1.97. The van der Waals surface area contributed by atoms with Gasteiger partial charge in [0, 0.05) is 0 Å². The molecule has 0 atom stereocenters. The molecule has 0 aromatic rings.